The van der Waals surface area contributed by atoms with E-state index < -0.39 is 17.3 Å². The highest BCUT2D eigenvalue weighted by Gasteiger charge is 2.43. The number of oxime groups is 1. The molecule has 2 heterocycles. The molecule has 1 fully saturated rings. The predicted molar refractivity (Wildman–Crippen MR) is 106 cm³/mol. The minimum absolute atomic E-state index is 0.115. The summed E-state index contributed by atoms with van der Waals surface area (Å²) in [5.74, 6) is 0. The van der Waals surface area contributed by atoms with Crippen molar-refractivity contribution in [3.63, 3.8) is 0 Å². The molecular weight excluding hydrogens is 395 g/mol. The number of hydrogen-bond donors (Lipinski definition) is 1. The highest BCUT2D eigenvalue weighted by Crippen LogP contribution is 2.37. The standard InChI is InChI=1S/C22H22F3N3O2/c23-22(24,25)18-8-6-17(7-9-18)19-14-21(30-27-19)10-12-28(13-11-21)20(29)26-15-16-4-2-1-3-5-16/h1-9H,10-15H2,(H,26,29). The number of nitrogens with zero attached hydrogens (tertiary/aromatic N) is 2. The summed E-state index contributed by atoms with van der Waals surface area (Å²) < 4.78 is 38.2. The van der Waals surface area contributed by atoms with Gasteiger partial charge >= 0.3 is 12.2 Å². The van der Waals surface area contributed by atoms with Crippen molar-refractivity contribution in [2.75, 3.05) is 13.1 Å². The molecule has 1 spiro atoms. The molecule has 5 nitrogen and oxygen atoms in total. The summed E-state index contributed by atoms with van der Waals surface area (Å²) in [6.45, 7) is 1.55. The van der Waals surface area contributed by atoms with Gasteiger partial charge in [0.05, 0.1) is 11.3 Å². The van der Waals surface area contributed by atoms with E-state index in [1.54, 1.807) is 4.90 Å². The Morgan fingerprint density at radius 1 is 1.07 bits per heavy atom. The van der Waals surface area contributed by atoms with Gasteiger partial charge in [0.25, 0.3) is 0 Å². The van der Waals surface area contributed by atoms with E-state index in [0.717, 1.165) is 17.7 Å². The summed E-state index contributed by atoms with van der Waals surface area (Å²) in [6.07, 6.45) is -2.59. The smallest absolute Gasteiger partial charge is 0.388 e. The van der Waals surface area contributed by atoms with Crippen molar-refractivity contribution in [1.29, 1.82) is 0 Å². The van der Waals surface area contributed by atoms with Crippen LogP contribution in [0.25, 0.3) is 0 Å². The van der Waals surface area contributed by atoms with Crippen molar-refractivity contribution in [2.24, 2.45) is 5.16 Å². The van der Waals surface area contributed by atoms with E-state index in [9.17, 15) is 18.0 Å². The first-order chi connectivity index (χ1) is 14.3. The third-order valence-electron chi connectivity index (χ3n) is 5.63. The number of halogens is 3. The third kappa shape index (κ3) is 4.42. The topological polar surface area (TPSA) is 53.9 Å². The third-order valence-corrected chi connectivity index (χ3v) is 5.63. The molecule has 158 valence electrons. The normalized spacial score (nSPS) is 18.1. The molecule has 0 aliphatic carbocycles. The number of likely N-dealkylation sites (tertiary alicyclic amines) is 1. The second-order valence-corrected chi connectivity index (χ2v) is 7.70. The van der Waals surface area contributed by atoms with Crippen LogP contribution in [0.15, 0.2) is 59.8 Å². The second kappa shape index (κ2) is 8.01. The van der Waals surface area contributed by atoms with Gasteiger partial charge in [-0.15, -0.1) is 0 Å². The number of carbonyl (C=O) groups excluding carboxylic acids is 1. The highest BCUT2D eigenvalue weighted by molar-refractivity contribution is 6.01. The summed E-state index contributed by atoms with van der Waals surface area (Å²) in [5, 5.41) is 7.06. The van der Waals surface area contributed by atoms with E-state index in [1.165, 1.54) is 12.1 Å². The molecule has 0 aromatic heterocycles. The van der Waals surface area contributed by atoms with Crippen LogP contribution >= 0.6 is 0 Å². The number of alkyl halides is 3. The van der Waals surface area contributed by atoms with Crippen molar-refractivity contribution >= 4 is 11.7 Å². The molecule has 2 aliphatic rings. The molecule has 1 N–H and O–H groups in total. The predicted octanol–water partition coefficient (Wildman–Crippen LogP) is 4.57. The van der Waals surface area contributed by atoms with Gasteiger partial charge in [0.15, 0.2) is 0 Å². The maximum atomic E-state index is 12.7. The fourth-order valence-corrected chi connectivity index (χ4v) is 3.80. The molecular formula is C22H22F3N3O2. The van der Waals surface area contributed by atoms with Crippen molar-refractivity contribution in [3.8, 4) is 0 Å². The molecule has 2 aliphatic heterocycles. The molecule has 1 saturated heterocycles. The van der Waals surface area contributed by atoms with Crippen molar-refractivity contribution < 1.29 is 22.8 Å². The first-order valence-corrected chi connectivity index (χ1v) is 9.84. The van der Waals surface area contributed by atoms with Gasteiger partial charge < -0.3 is 15.1 Å². The minimum Gasteiger partial charge on any atom is -0.388 e. The van der Waals surface area contributed by atoms with Crippen LogP contribution in [0.5, 0.6) is 0 Å². The number of rotatable bonds is 3. The summed E-state index contributed by atoms with van der Waals surface area (Å²) in [6, 6.07) is 14.6. The maximum absolute atomic E-state index is 12.7. The Labute approximate surface area is 172 Å². The van der Waals surface area contributed by atoms with Crippen molar-refractivity contribution in [3.05, 3.63) is 71.3 Å². The zero-order chi connectivity index (χ0) is 21.2. The Bertz CT molecular complexity index is 919. The molecule has 2 aromatic rings. The number of nitrogens with one attached hydrogen (secondary N) is 1. The van der Waals surface area contributed by atoms with Gasteiger partial charge in [-0.1, -0.05) is 47.6 Å². The van der Waals surface area contributed by atoms with E-state index in [0.29, 0.717) is 50.2 Å². The maximum Gasteiger partial charge on any atom is 0.416 e. The summed E-state index contributed by atoms with van der Waals surface area (Å²) in [7, 11) is 0. The van der Waals surface area contributed by atoms with Gasteiger partial charge in [-0.2, -0.15) is 13.2 Å². The van der Waals surface area contributed by atoms with Crippen LogP contribution < -0.4 is 5.32 Å². The lowest BCUT2D eigenvalue weighted by atomic mass is 9.85. The number of urea groups is 1. The van der Waals surface area contributed by atoms with Crippen LogP contribution in [0, 0.1) is 0 Å². The van der Waals surface area contributed by atoms with Gasteiger partial charge in [0.1, 0.15) is 5.60 Å². The summed E-state index contributed by atoms with van der Waals surface area (Å²) >= 11 is 0. The summed E-state index contributed by atoms with van der Waals surface area (Å²) in [5.41, 5.74) is 1.13. The quantitative estimate of drug-likeness (QED) is 0.795. The van der Waals surface area contributed by atoms with E-state index in [2.05, 4.69) is 10.5 Å². The van der Waals surface area contributed by atoms with Crippen LogP contribution in [0.3, 0.4) is 0 Å². The van der Waals surface area contributed by atoms with Crippen LogP contribution in [-0.4, -0.2) is 35.3 Å². The number of hydrogen-bond acceptors (Lipinski definition) is 3. The number of benzene rings is 2. The lowest BCUT2D eigenvalue weighted by Crippen LogP contribution is -2.49. The number of piperidine rings is 1. The molecule has 0 unspecified atom stereocenters. The van der Waals surface area contributed by atoms with Gasteiger partial charge in [0, 0.05) is 38.9 Å². The van der Waals surface area contributed by atoms with Crippen molar-refractivity contribution in [1.82, 2.24) is 10.2 Å². The lowest BCUT2D eigenvalue weighted by Gasteiger charge is -2.37. The summed E-state index contributed by atoms with van der Waals surface area (Å²) in [4.78, 5) is 19.9. The average Bonchev–Trinajstić information content (AvgIpc) is 3.16. The average molecular weight is 417 g/mol. The van der Waals surface area contributed by atoms with Crippen LogP contribution in [0.4, 0.5) is 18.0 Å². The molecule has 4 rings (SSSR count). The Kier molecular flexibility index (Phi) is 5.40. The van der Waals surface area contributed by atoms with E-state index >= 15 is 0 Å². The molecule has 8 heteroatoms. The Morgan fingerprint density at radius 3 is 2.37 bits per heavy atom. The minimum atomic E-state index is -4.36. The van der Waals surface area contributed by atoms with Gasteiger partial charge in [-0.25, -0.2) is 4.79 Å². The highest BCUT2D eigenvalue weighted by atomic mass is 19.4. The Morgan fingerprint density at radius 2 is 1.73 bits per heavy atom. The Balaban J connectivity index is 1.29. The first kappa shape index (κ1) is 20.3. The van der Waals surface area contributed by atoms with Gasteiger partial charge in [-0.05, 0) is 23.3 Å². The second-order valence-electron chi connectivity index (χ2n) is 7.70. The lowest BCUT2D eigenvalue weighted by molar-refractivity contribution is -0.137. The molecule has 0 atom stereocenters. The zero-order valence-electron chi connectivity index (χ0n) is 16.3. The molecule has 2 amide bonds. The first-order valence-electron chi connectivity index (χ1n) is 9.84. The van der Waals surface area contributed by atoms with Crippen LogP contribution in [0.1, 0.15) is 36.0 Å². The van der Waals surface area contributed by atoms with E-state index in [1.807, 2.05) is 30.3 Å². The molecule has 0 radical (unpaired) electrons. The van der Waals surface area contributed by atoms with Crippen LogP contribution in [-0.2, 0) is 17.6 Å². The number of carbonyl (C=O) groups is 1. The molecule has 30 heavy (non-hydrogen) atoms. The monoisotopic (exact) mass is 417 g/mol. The molecule has 2 aromatic carbocycles. The van der Waals surface area contributed by atoms with Crippen molar-refractivity contribution in [2.45, 2.75) is 37.6 Å². The Hall–Kier alpha value is -3.03. The number of amides is 2. The largest absolute Gasteiger partial charge is 0.416 e. The fraction of sp³-hybridized carbons (Fsp3) is 0.364. The molecule has 0 bridgehead atoms. The van der Waals surface area contributed by atoms with E-state index in [4.69, 9.17) is 4.84 Å². The van der Waals surface area contributed by atoms with E-state index in [-0.39, 0.29) is 6.03 Å². The zero-order valence-corrected chi connectivity index (χ0v) is 16.3. The van der Waals surface area contributed by atoms with Gasteiger partial charge in [-0.3, -0.25) is 0 Å². The van der Waals surface area contributed by atoms with Gasteiger partial charge in [0.2, 0.25) is 0 Å². The van der Waals surface area contributed by atoms with Crippen LogP contribution in [0.2, 0.25) is 0 Å². The fourth-order valence-electron chi connectivity index (χ4n) is 3.80. The molecule has 0 saturated carbocycles. The SMILES string of the molecule is O=C(NCc1ccccc1)N1CCC2(CC1)CC(c1ccc(C(F)(F)F)cc1)=NO2.